The number of pyridine rings is 2. The summed E-state index contributed by atoms with van der Waals surface area (Å²) in [7, 11) is 1.64. The SMILES string of the molecule is CN(C(=O)c1cc2c(Cl)cccn2c1)[C@@H]1CNCc2[nH]c(=O)c3cc(F)c(F)cc3c21. The minimum Gasteiger partial charge on any atom is -0.333 e. The fraction of sp³-hybridized carbons (Fsp3) is 0.182. The lowest BCUT2D eigenvalue weighted by molar-refractivity contribution is 0.0723. The van der Waals surface area contributed by atoms with Crippen LogP contribution in [0.2, 0.25) is 5.02 Å². The maximum absolute atomic E-state index is 14.1. The lowest BCUT2D eigenvalue weighted by Gasteiger charge is -2.34. The van der Waals surface area contributed by atoms with Crippen LogP contribution >= 0.6 is 11.6 Å². The largest absolute Gasteiger partial charge is 0.333 e. The van der Waals surface area contributed by atoms with Crippen LogP contribution in [0.5, 0.6) is 0 Å². The molecular weight excluding hydrogens is 426 g/mol. The van der Waals surface area contributed by atoms with Gasteiger partial charge in [-0.25, -0.2) is 8.78 Å². The summed E-state index contributed by atoms with van der Waals surface area (Å²) >= 11 is 6.22. The number of halogens is 3. The average Bonchev–Trinajstić information content (AvgIpc) is 3.19. The Morgan fingerprint density at radius 2 is 1.97 bits per heavy atom. The Bertz CT molecular complexity index is 1430. The molecule has 31 heavy (non-hydrogen) atoms. The summed E-state index contributed by atoms with van der Waals surface area (Å²) in [6.45, 7) is 0.743. The molecule has 1 atom stereocenters. The van der Waals surface area contributed by atoms with Gasteiger partial charge in [0, 0.05) is 43.8 Å². The van der Waals surface area contributed by atoms with Crippen molar-refractivity contribution in [2.45, 2.75) is 12.6 Å². The second kappa shape index (κ2) is 7.18. The van der Waals surface area contributed by atoms with Gasteiger partial charge in [-0.2, -0.15) is 0 Å². The van der Waals surface area contributed by atoms with E-state index in [9.17, 15) is 18.4 Å². The molecule has 0 saturated heterocycles. The molecule has 1 amide bonds. The Kier molecular flexibility index (Phi) is 4.56. The summed E-state index contributed by atoms with van der Waals surface area (Å²) in [6.07, 6.45) is 3.49. The molecule has 1 aromatic carbocycles. The molecule has 2 N–H and O–H groups in total. The first kappa shape index (κ1) is 19.7. The molecule has 4 aromatic rings. The molecule has 4 heterocycles. The average molecular weight is 443 g/mol. The summed E-state index contributed by atoms with van der Waals surface area (Å²) in [4.78, 5) is 30.0. The minimum atomic E-state index is -1.09. The van der Waals surface area contributed by atoms with E-state index in [0.29, 0.717) is 45.8 Å². The number of H-pyrrole nitrogens is 1. The Morgan fingerprint density at radius 3 is 2.71 bits per heavy atom. The number of aromatic amines is 1. The molecule has 9 heteroatoms. The van der Waals surface area contributed by atoms with Crippen molar-refractivity contribution in [3.63, 3.8) is 0 Å². The van der Waals surface area contributed by atoms with Gasteiger partial charge in [0.1, 0.15) is 0 Å². The smallest absolute Gasteiger partial charge is 0.256 e. The Labute approximate surface area is 180 Å². The molecule has 0 radical (unpaired) electrons. The van der Waals surface area contributed by atoms with Gasteiger partial charge in [-0.15, -0.1) is 0 Å². The number of aromatic nitrogens is 2. The highest BCUT2D eigenvalue weighted by atomic mass is 35.5. The van der Waals surface area contributed by atoms with Crippen molar-refractivity contribution >= 4 is 33.8 Å². The zero-order chi connectivity index (χ0) is 21.9. The molecule has 3 aromatic heterocycles. The Balaban J connectivity index is 1.62. The third kappa shape index (κ3) is 3.10. The lowest BCUT2D eigenvalue weighted by atomic mass is 9.93. The third-order valence-electron chi connectivity index (χ3n) is 5.77. The van der Waals surface area contributed by atoms with Crippen LogP contribution in [-0.4, -0.2) is 33.8 Å². The van der Waals surface area contributed by atoms with Crippen LogP contribution in [-0.2, 0) is 6.54 Å². The van der Waals surface area contributed by atoms with Crippen molar-refractivity contribution in [3.8, 4) is 0 Å². The maximum Gasteiger partial charge on any atom is 0.256 e. The van der Waals surface area contributed by atoms with E-state index in [4.69, 9.17) is 11.6 Å². The van der Waals surface area contributed by atoms with Crippen LogP contribution in [0.25, 0.3) is 16.3 Å². The first-order valence-electron chi connectivity index (χ1n) is 9.63. The second-order valence-electron chi connectivity index (χ2n) is 7.60. The van der Waals surface area contributed by atoms with Crippen molar-refractivity contribution in [3.05, 3.63) is 86.6 Å². The van der Waals surface area contributed by atoms with Crippen LogP contribution in [0, 0.1) is 11.6 Å². The second-order valence-corrected chi connectivity index (χ2v) is 8.01. The molecule has 0 unspecified atom stereocenters. The molecule has 0 fully saturated rings. The van der Waals surface area contributed by atoms with E-state index in [2.05, 4.69) is 10.3 Å². The van der Waals surface area contributed by atoms with Gasteiger partial charge in [-0.1, -0.05) is 11.6 Å². The fourth-order valence-electron chi connectivity index (χ4n) is 4.24. The van der Waals surface area contributed by atoms with Crippen LogP contribution in [0.3, 0.4) is 0 Å². The van der Waals surface area contributed by atoms with Crippen LogP contribution in [0.15, 0.2) is 47.5 Å². The number of benzene rings is 1. The highest BCUT2D eigenvalue weighted by Gasteiger charge is 2.31. The van der Waals surface area contributed by atoms with Crippen molar-refractivity contribution in [1.82, 2.24) is 19.6 Å². The predicted octanol–water partition coefficient (Wildman–Crippen LogP) is 3.63. The van der Waals surface area contributed by atoms with Crippen molar-refractivity contribution < 1.29 is 13.6 Å². The number of fused-ring (bicyclic) bond motifs is 4. The highest BCUT2D eigenvalue weighted by molar-refractivity contribution is 6.33. The number of amides is 1. The van der Waals surface area contributed by atoms with Gasteiger partial charge in [0.25, 0.3) is 11.5 Å². The molecule has 0 bridgehead atoms. The molecule has 0 aliphatic carbocycles. The number of hydrogen-bond acceptors (Lipinski definition) is 3. The molecule has 158 valence electrons. The molecule has 1 aliphatic rings. The van der Waals surface area contributed by atoms with Crippen LogP contribution < -0.4 is 10.9 Å². The molecular formula is C22H17ClF2N4O2. The zero-order valence-corrected chi connectivity index (χ0v) is 17.1. The van der Waals surface area contributed by atoms with Crippen LogP contribution in [0.1, 0.15) is 27.7 Å². The van der Waals surface area contributed by atoms with Gasteiger partial charge >= 0.3 is 0 Å². The maximum atomic E-state index is 14.1. The van der Waals surface area contributed by atoms with Gasteiger partial charge < -0.3 is 19.6 Å². The van der Waals surface area contributed by atoms with Crippen LogP contribution in [0.4, 0.5) is 8.78 Å². The number of nitrogens with zero attached hydrogens (tertiary/aromatic N) is 2. The molecule has 5 rings (SSSR count). The van der Waals surface area contributed by atoms with Gasteiger partial charge in [0.15, 0.2) is 11.6 Å². The molecule has 0 saturated carbocycles. The number of nitrogens with one attached hydrogen (secondary N) is 2. The van der Waals surface area contributed by atoms with Crippen molar-refractivity contribution in [1.29, 1.82) is 0 Å². The van der Waals surface area contributed by atoms with E-state index in [1.807, 2.05) is 0 Å². The van der Waals surface area contributed by atoms with E-state index in [0.717, 1.165) is 12.1 Å². The summed E-state index contributed by atoms with van der Waals surface area (Å²) in [5, 5.41) is 4.04. The number of hydrogen-bond donors (Lipinski definition) is 2. The zero-order valence-electron chi connectivity index (χ0n) is 16.4. The minimum absolute atomic E-state index is 0.0479. The summed E-state index contributed by atoms with van der Waals surface area (Å²) in [6, 6.07) is 6.66. The van der Waals surface area contributed by atoms with E-state index in [-0.39, 0.29) is 11.3 Å². The van der Waals surface area contributed by atoms with Gasteiger partial charge in [0.2, 0.25) is 0 Å². The molecule has 6 nitrogen and oxygen atoms in total. The van der Waals surface area contributed by atoms with Crippen molar-refractivity contribution in [2.75, 3.05) is 13.6 Å². The van der Waals surface area contributed by atoms with E-state index >= 15 is 0 Å². The predicted molar refractivity (Wildman–Crippen MR) is 113 cm³/mol. The number of likely N-dealkylation sites (N-methyl/N-ethyl adjacent to an activating group) is 1. The number of carbonyl (C=O) groups excluding carboxylic acids is 1. The number of rotatable bonds is 2. The highest BCUT2D eigenvalue weighted by Crippen LogP contribution is 2.33. The van der Waals surface area contributed by atoms with Crippen molar-refractivity contribution in [2.24, 2.45) is 0 Å². The first-order valence-corrected chi connectivity index (χ1v) is 10.0. The summed E-state index contributed by atoms with van der Waals surface area (Å²) < 4.78 is 29.6. The third-order valence-corrected chi connectivity index (χ3v) is 6.09. The fourth-order valence-corrected chi connectivity index (χ4v) is 4.47. The van der Waals surface area contributed by atoms with E-state index in [1.54, 1.807) is 42.0 Å². The van der Waals surface area contributed by atoms with E-state index < -0.39 is 23.2 Å². The van der Waals surface area contributed by atoms with E-state index in [1.165, 1.54) is 4.90 Å². The molecule has 0 spiro atoms. The first-order chi connectivity index (χ1) is 14.8. The monoisotopic (exact) mass is 442 g/mol. The summed E-state index contributed by atoms with van der Waals surface area (Å²) in [5.74, 6) is -2.40. The Hall–Kier alpha value is -3.23. The summed E-state index contributed by atoms with van der Waals surface area (Å²) in [5.41, 5.74) is 1.79. The number of carbonyl (C=O) groups is 1. The van der Waals surface area contributed by atoms with Gasteiger partial charge in [0.05, 0.1) is 27.5 Å². The topological polar surface area (TPSA) is 69.6 Å². The standard InChI is InChI=1S/C22H17ClF2N4O2/c1-28(22(31)11-5-18-14(23)3-2-4-29(18)10-11)19-9-26-8-17-20(19)12-6-15(24)16(25)7-13(12)21(30)27-17/h2-7,10,19,26H,8-9H2,1H3,(H,27,30)/t19-/m1/s1. The van der Waals surface area contributed by atoms with Gasteiger partial charge in [-0.05, 0) is 35.7 Å². The Morgan fingerprint density at radius 1 is 1.23 bits per heavy atom. The molecule has 1 aliphatic heterocycles. The quantitative estimate of drug-likeness (QED) is 0.498. The van der Waals surface area contributed by atoms with Gasteiger partial charge in [-0.3, -0.25) is 9.59 Å². The lowest BCUT2D eigenvalue weighted by Crippen LogP contribution is -2.42. The normalized spacial score (nSPS) is 15.9.